The molecule has 0 saturated carbocycles. The van der Waals surface area contributed by atoms with Gasteiger partial charge in [-0.05, 0) is 22.0 Å². The Kier molecular flexibility index (Phi) is 5.28. The number of carbonyl (C=O) groups is 2. The van der Waals surface area contributed by atoms with Crippen molar-refractivity contribution < 1.29 is 19.2 Å². The first-order valence-electron chi connectivity index (χ1n) is 7.23. The molecule has 0 unspecified atom stereocenters. The zero-order valence-electron chi connectivity index (χ0n) is 13.0. The van der Waals surface area contributed by atoms with Crippen LogP contribution in [0.5, 0.6) is 0 Å². The largest absolute Gasteiger partial charge is 0.455 e. The zero-order valence-corrected chi connectivity index (χ0v) is 15.4. The lowest BCUT2D eigenvalue weighted by Gasteiger charge is -2.08. The maximum absolute atomic E-state index is 11.9. The lowest BCUT2D eigenvalue weighted by atomic mass is 10.3. The molecule has 3 aromatic rings. The molecule has 2 aromatic heterocycles. The number of esters is 1. The molecular weight excluding hydrogens is 428 g/mol. The average Bonchev–Trinajstić information content (AvgIpc) is 3.16. The smallest absolute Gasteiger partial charge is 0.312 e. The van der Waals surface area contributed by atoms with E-state index in [1.807, 2.05) is 11.6 Å². The molecule has 1 amide bonds. The van der Waals surface area contributed by atoms with Crippen molar-refractivity contribution in [2.24, 2.45) is 0 Å². The van der Waals surface area contributed by atoms with E-state index in [-0.39, 0.29) is 12.1 Å². The number of amides is 1. The van der Waals surface area contributed by atoms with Crippen molar-refractivity contribution in [3.63, 3.8) is 0 Å². The van der Waals surface area contributed by atoms with Crippen LogP contribution in [0.2, 0.25) is 0 Å². The molecule has 1 N–H and O–H groups in total. The van der Waals surface area contributed by atoms with Crippen LogP contribution in [0, 0.1) is 10.1 Å². The molecule has 0 aliphatic rings. The van der Waals surface area contributed by atoms with Gasteiger partial charge in [0.15, 0.2) is 11.6 Å². The van der Waals surface area contributed by atoms with Crippen molar-refractivity contribution in [2.45, 2.75) is 6.42 Å². The van der Waals surface area contributed by atoms with E-state index in [0.29, 0.717) is 15.9 Å². The number of benzene rings is 1. The molecule has 11 heteroatoms. The topological polar surface area (TPSA) is 116 Å². The lowest BCUT2D eigenvalue weighted by molar-refractivity contribution is -0.384. The standard InChI is InChI=1S/C15H11BrN4O5S/c16-11-6-10(20(23)24)1-2-12(11)18-13(21)8-25-14(22)5-9-7-19-3-4-26-15(19)17-9/h1-4,6-7H,5,8H2,(H,18,21). The number of halogens is 1. The number of hydrogen-bond donors (Lipinski definition) is 1. The number of hydrogen-bond acceptors (Lipinski definition) is 7. The van der Waals surface area contributed by atoms with Gasteiger partial charge in [0.1, 0.15) is 0 Å². The van der Waals surface area contributed by atoms with Crippen LogP contribution in [0.1, 0.15) is 5.69 Å². The van der Waals surface area contributed by atoms with Crippen LogP contribution in [-0.2, 0) is 20.7 Å². The van der Waals surface area contributed by atoms with E-state index in [0.717, 1.165) is 4.96 Å². The van der Waals surface area contributed by atoms with Crippen molar-refractivity contribution in [3.05, 3.63) is 56.3 Å². The number of nitro groups is 1. The molecule has 0 bridgehead atoms. The van der Waals surface area contributed by atoms with E-state index in [4.69, 9.17) is 4.74 Å². The van der Waals surface area contributed by atoms with E-state index in [9.17, 15) is 19.7 Å². The second kappa shape index (κ2) is 7.62. The van der Waals surface area contributed by atoms with Gasteiger partial charge in [-0.2, -0.15) is 0 Å². The van der Waals surface area contributed by atoms with E-state index in [1.54, 1.807) is 10.6 Å². The lowest BCUT2D eigenvalue weighted by Crippen LogP contribution is -2.21. The summed E-state index contributed by atoms with van der Waals surface area (Å²) in [5.74, 6) is -1.13. The fraction of sp³-hybridized carbons (Fsp3) is 0.133. The van der Waals surface area contributed by atoms with Crippen LogP contribution in [-0.4, -0.2) is 32.8 Å². The Morgan fingerprint density at radius 1 is 1.42 bits per heavy atom. The summed E-state index contributed by atoms with van der Waals surface area (Å²) in [6.07, 6.45) is 3.52. The summed E-state index contributed by atoms with van der Waals surface area (Å²) in [5, 5.41) is 15.1. The molecule has 2 heterocycles. The Morgan fingerprint density at radius 3 is 2.92 bits per heavy atom. The van der Waals surface area contributed by atoms with Gasteiger partial charge >= 0.3 is 5.97 Å². The first-order chi connectivity index (χ1) is 12.4. The molecule has 3 rings (SSSR count). The minimum absolute atomic E-state index is 0.0388. The maximum atomic E-state index is 11.9. The number of nitro benzene ring substituents is 1. The molecule has 26 heavy (non-hydrogen) atoms. The highest BCUT2D eigenvalue weighted by Gasteiger charge is 2.14. The third kappa shape index (κ3) is 4.24. The van der Waals surface area contributed by atoms with Crippen molar-refractivity contribution in [1.82, 2.24) is 9.38 Å². The molecule has 0 radical (unpaired) electrons. The first kappa shape index (κ1) is 18.0. The first-order valence-corrected chi connectivity index (χ1v) is 8.90. The van der Waals surface area contributed by atoms with Crippen molar-refractivity contribution in [2.75, 3.05) is 11.9 Å². The molecule has 0 saturated heterocycles. The quantitative estimate of drug-likeness (QED) is 0.359. The van der Waals surface area contributed by atoms with E-state index < -0.39 is 23.4 Å². The zero-order chi connectivity index (χ0) is 18.7. The Bertz CT molecular complexity index is 971. The summed E-state index contributed by atoms with van der Waals surface area (Å²) >= 11 is 4.59. The van der Waals surface area contributed by atoms with E-state index in [1.165, 1.54) is 29.5 Å². The number of imidazole rings is 1. The summed E-state index contributed by atoms with van der Waals surface area (Å²) in [5.41, 5.74) is 0.785. The van der Waals surface area contributed by atoms with Gasteiger partial charge in [-0.1, -0.05) is 0 Å². The van der Waals surface area contributed by atoms with Crippen molar-refractivity contribution in [3.8, 4) is 0 Å². The SMILES string of the molecule is O=C(COC(=O)Cc1cn2ccsc2n1)Nc1ccc([N+](=O)[O-])cc1Br. The second-order valence-electron chi connectivity index (χ2n) is 5.13. The number of carbonyl (C=O) groups excluding carboxylic acids is 2. The van der Waals surface area contributed by atoms with Crippen molar-refractivity contribution in [1.29, 1.82) is 0 Å². The van der Waals surface area contributed by atoms with Gasteiger partial charge in [-0.3, -0.25) is 24.1 Å². The number of fused-ring (bicyclic) bond motifs is 1. The number of thiazole rings is 1. The van der Waals surface area contributed by atoms with E-state index >= 15 is 0 Å². The molecule has 0 spiro atoms. The number of nitrogens with zero attached hydrogens (tertiary/aromatic N) is 3. The third-order valence-corrected chi connectivity index (χ3v) is 4.70. The molecule has 9 nitrogen and oxygen atoms in total. The third-order valence-electron chi connectivity index (χ3n) is 3.27. The number of ether oxygens (including phenoxy) is 1. The molecule has 134 valence electrons. The van der Waals surface area contributed by atoms with E-state index in [2.05, 4.69) is 26.2 Å². The summed E-state index contributed by atoms with van der Waals surface area (Å²) < 4.78 is 7.08. The molecule has 0 aliphatic carbocycles. The van der Waals surface area contributed by atoms with Gasteiger partial charge < -0.3 is 10.1 Å². The van der Waals surface area contributed by atoms with Gasteiger partial charge in [0, 0.05) is 34.4 Å². The molecule has 0 aliphatic heterocycles. The predicted molar refractivity (Wildman–Crippen MR) is 97.2 cm³/mol. The highest BCUT2D eigenvalue weighted by Crippen LogP contribution is 2.27. The van der Waals surface area contributed by atoms with Crippen molar-refractivity contribution >= 4 is 55.5 Å². The maximum Gasteiger partial charge on any atom is 0.312 e. The van der Waals surface area contributed by atoms with Crippen LogP contribution < -0.4 is 5.32 Å². The normalized spacial score (nSPS) is 10.7. The molecule has 0 fully saturated rings. The highest BCUT2D eigenvalue weighted by molar-refractivity contribution is 9.10. The average molecular weight is 439 g/mol. The number of anilines is 1. The van der Waals surface area contributed by atoms with Crippen LogP contribution in [0.4, 0.5) is 11.4 Å². The van der Waals surface area contributed by atoms with Crippen LogP contribution in [0.15, 0.2) is 40.4 Å². The van der Waals surface area contributed by atoms with Crippen LogP contribution >= 0.6 is 27.3 Å². The minimum atomic E-state index is -0.575. The number of rotatable bonds is 6. The van der Waals surface area contributed by atoms with Gasteiger partial charge in [0.2, 0.25) is 0 Å². The number of aromatic nitrogens is 2. The Balaban J connectivity index is 1.51. The fourth-order valence-electron chi connectivity index (χ4n) is 2.11. The number of non-ortho nitro benzene ring substituents is 1. The molecular formula is C15H11BrN4O5S. The Hall–Kier alpha value is -2.79. The van der Waals surface area contributed by atoms with Gasteiger partial charge in [-0.25, -0.2) is 4.98 Å². The highest BCUT2D eigenvalue weighted by atomic mass is 79.9. The molecule has 1 aromatic carbocycles. The number of nitrogens with one attached hydrogen (secondary N) is 1. The Morgan fingerprint density at radius 2 is 2.23 bits per heavy atom. The van der Waals surface area contributed by atoms with Gasteiger partial charge in [-0.15, -0.1) is 11.3 Å². The summed E-state index contributed by atoms with van der Waals surface area (Å²) in [7, 11) is 0. The van der Waals surface area contributed by atoms with Crippen LogP contribution in [0.3, 0.4) is 0 Å². The fourth-order valence-corrected chi connectivity index (χ4v) is 3.30. The monoisotopic (exact) mass is 438 g/mol. The second-order valence-corrected chi connectivity index (χ2v) is 6.86. The summed E-state index contributed by atoms with van der Waals surface area (Å²) in [6.45, 7) is -0.468. The summed E-state index contributed by atoms with van der Waals surface area (Å²) in [6, 6.07) is 3.92. The Labute approximate surface area is 158 Å². The molecule has 0 atom stereocenters. The summed E-state index contributed by atoms with van der Waals surface area (Å²) in [4.78, 5) is 38.9. The van der Waals surface area contributed by atoms with Crippen LogP contribution in [0.25, 0.3) is 4.96 Å². The van der Waals surface area contributed by atoms with Gasteiger partial charge in [0.25, 0.3) is 11.6 Å². The van der Waals surface area contributed by atoms with Gasteiger partial charge in [0.05, 0.1) is 22.7 Å². The predicted octanol–water partition coefficient (Wildman–Crippen LogP) is 2.79. The minimum Gasteiger partial charge on any atom is -0.455 e.